The Morgan fingerprint density at radius 2 is 2.14 bits per heavy atom. The minimum Gasteiger partial charge on any atom is -0.367 e. The number of nitrogens with zero attached hydrogens (tertiary/aromatic N) is 1. The number of nitrogens with one attached hydrogen (secondary N) is 2. The lowest BCUT2D eigenvalue weighted by molar-refractivity contribution is 0.0854. The summed E-state index contributed by atoms with van der Waals surface area (Å²) >= 11 is 0. The first-order valence-electron chi connectivity index (χ1n) is 7.92. The minimum absolute atomic E-state index is 0.0136. The summed E-state index contributed by atoms with van der Waals surface area (Å²) in [6.45, 7) is 5.17. The molecule has 1 aromatic carbocycles. The van der Waals surface area contributed by atoms with Gasteiger partial charge in [-0.25, -0.2) is 0 Å². The molecule has 0 bridgehead atoms. The number of hydrogen-bond donors (Lipinski definition) is 2. The number of piperidine rings is 1. The highest BCUT2D eigenvalue weighted by Gasteiger charge is 2.27. The third-order valence-corrected chi connectivity index (χ3v) is 4.47. The van der Waals surface area contributed by atoms with E-state index < -0.39 is 0 Å². The van der Waals surface area contributed by atoms with Gasteiger partial charge in [-0.15, -0.1) is 0 Å². The molecule has 1 fully saturated rings. The summed E-state index contributed by atoms with van der Waals surface area (Å²) in [5, 5.41) is 3.19. The van der Waals surface area contributed by atoms with Gasteiger partial charge in [-0.3, -0.25) is 9.69 Å². The fraction of sp³-hybridized carbons (Fsp3) is 0.389. The van der Waals surface area contributed by atoms with E-state index in [2.05, 4.69) is 46.4 Å². The molecule has 1 aliphatic heterocycles. The lowest BCUT2D eigenvalue weighted by Gasteiger charge is -2.37. The molecule has 116 valence electrons. The molecular formula is C18H23N3O. The molecule has 0 radical (unpaired) electrons. The summed E-state index contributed by atoms with van der Waals surface area (Å²) < 4.78 is 0. The second kappa shape index (κ2) is 6.79. The van der Waals surface area contributed by atoms with Crippen LogP contribution in [0.1, 0.15) is 29.3 Å². The van der Waals surface area contributed by atoms with Crippen LogP contribution in [0.4, 0.5) is 0 Å². The molecular weight excluding hydrogens is 274 g/mol. The summed E-state index contributed by atoms with van der Waals surface area (Å²) in [4.78, 5) is 17.6. The van der Waals surface area contributed by atoms with Crippen molar-refractivity contribution in [2.75, 3.05) is 13.1 Å². The Hall–Kier alpha value is -2.07. The number of aromatic nitrogens is 1. The third kappa shape index (κ3) is 3.57. The molecule has 1 aliphatic rings. The number of rotatable bonds is 4. The summed E-state index contributed by atoms with van der Waals surface area (Å²) in [7, 11) is 0. The second-order valence-corrected chi connectivity index (χ2v) is 6.17. The Labute approximate surface area is 131 Å². The van der Waals surface area contributed by atoms with Gasteiger partial charge in [0.05, 0.1) is 5.56 Å². The van der Waals surface area contributed by atoms with Crippen molar-refractivity contribution in [3.8, 4) is 0 Å². The van der Waals surface area contributed by atoms with E-state index in [0.717, 1.165) is 26.1 Å². The molecule has 2 heterocycles. The highest BCUT2D eigenvalue weighted by molar-refractivity contribution is 5.94. The Morgan fingerprint density at radius 1 is 1.32 bits per heavy atom. The van der Waals surface area contributed by atoms with Crippen LogP contribution in [0.15, 0.2) is 48.8 Å². The average molecular weight is 297 g/mol. The van der Waals surface area contributed by atoms with Crippen molar-refractivity contribution in [3.63, 3.8) is 0 Å². The molecule has 0 spiro atoms. The number of H-pyrrole nitrogens is 1. The van der Waals surface area contributed by atoms with Gasteiger partial charge in [-0.1, -0.05) is 37.3 Å². The predicted molar refractivity (Wildman–Crippen MR) is 87.5 cm³/mol. The van der Waals surface area contributed by atoms with Gasteiger partial charge in [0.1, 0.15) is 0 Å². The number of carbonyl (C=O) groups excluding carboxylic acids is 1. The van der Waals surface area contributed by atoms with Gasteiger partial charge in [-0.05, 0) is 30.5 Å². The topological polar surface area (TPSA) is 48.1 Å². The number of carbonyl (C=O) groups is 1. The van der Waals surface area contributed by atoms with Crippen LogP contribution in [-0.2, 0) is 6.54 Å². The van der Waals surface area contributed by atoms with E-state index in [0.29, 0.717) is 11.5 Å². The maximum Gasteiger partial charge on any atom is 0.253 e. The maximum absolute atomic E-state index is 12.2. The molecule has 2 aromatic rings. The largest absolute Gasteiger partial charge is 0.367 e. The molecule has 22 heavy (non-hydrogen) atoms. The number of likely N-dealkylation sites (tertiary alicyclic amines) is 1. The molecule has 4 heteroatoms. The van der Waals surface area contributed by atoms with E-state index in [1.807, 2.05) is 12.1 Å². The number of amides is 1. The van der Waals surface area contributed by atoms with Crippen LogP contribution in [0.5, 0.6) is 0 Å². The molecule has 1 saturated heterocycles. The van der Waals surface area contributed by atoms with Crippen molar-refractivity contribution in [1.29, 1.82) is 0 Å². The smallest absolute Gasteiger partial charge is 0.253 e. The van der Waals surface area contributed by atoms with E-state index in [4.69, 9.17) is 0 Å². The lowest BCUT2D eigenvalue weighted by Crippen LogP contribution is -2.51. The zero-order valence-corrected chi connectivity index (χ0v) is 13.0. The fourth-order valence-corrected chi connectivity index (χ4v) is 3.03. The molecule has 0 aliphatic carbocycles. The van der Waals surface area contributed by atoms with Crippen molar-refractivity contribution in [2.45, 2.75) is 25.9 Å². The molecule has 2 N–H and O–H groups in total. The Bertz CT molecular complexity index is 594. The van der Waals surface area contributed by atoms with Gasteiger partial charge in [-0.2, -0.15) is 0 Å². The molecule has 4 nitrogen and oxygen atoms in total. The monoisotopic (exact) mass is 297 g/mol. The van der Waals surface area contributed by atoms with Gasteiger partial charge in [0.25, 0.3) is 5.91 Å². The fourth-order valence-electron chi connectivity index (χ4n) is 3.03. The van der Waals surface area contributed by atoms with Crippen LogP contribution in [0, 0.1) is 5.92 Å². The third-order valence-electron chi connectivity index (χ3n) is 4.47. The van der Waals surface area contributed by atoms with Crippen molar-refractivity contribution < 1.29 is 4.79 Å². The highest BCUT2D eigenvalue weighted by Crippen LogP contribution is 2.19. The first-order valence-corrected chi connectivity index (χ1v) is 7.92. The Balaban J connectivity index is 1.60. The first-order chi connectivity index (χ1) is 10.7. The van der Waals surface area contributed by atoms with Crippen LogP contribution in [0.3, 0.4) is 0 Å². The molecule has 2 unspecified atom stereocenters. The number of benzene rings is 1. The van der Waals surface area contributed by atoms with Crippen LogP contribution in [0.2, 0.25) is 0 Å². The highest BCUT2D eigenvalue weighted by atomic mass is 16.1. The van der Waals surface area contributed by atoms with E-state index >= 15 is 0 Å². The number of aromatic amines is 1. The van der Waals surface area contributed by atoms with Crippen molar-refractivity contribution >= 4 is 5.91 Å². The van der Waals surface area contributed by atoms with Crippen molar-refractivity contribution in [1.82, 2.24) is 15.2 Å². The first kappa shape index (κ1) is 14.9. The van der Waals surface area contributed by atoms with Gasteiger partial charge in [0, 0.05) is 31.5 Å². The van der Waals surface area contributed by atoms with E-state index in [1.165, 1.54) is 5.56 Å². The summed E-state index contributed by atoms with van der Waals surface area (Å²) in [5.74, 6) is 0.523. The van der Waals surface area contributed by atoms with E-state index in [1.54, 1.807) is 12.4 Å². The maximum atomic E-state index is 12.2. The quantitative estimate of drug-likeness (QED) is 0.911. The normalized spacial score (nSPS) is 22.4. The van der Waals surface area contributed by atoms with E-state index in [9.17, 15) is 4.79 Å². The predicted octanol–water partition coefficient (Wildman–Crippen LogP) is 2.66. The van der Waals surface area contributed by atoms with Gasteiger partial charge in [0.15, 0.2) is 0 Å². The van der Waals surface area contributed by atoms with Crippen molar-refractivity contribution in [3.05, 3.63) is 59.9 Å². The zero-order chi connectivity index (χ0) is 15.4. The molecule has 3 rings (SSSR count). The Kier molecular flexibility index (Phi) is 4.59. The van der Waals surface area contributed by atoms with Gasteiger partial charge < -0.3 is 10.3 Å². The summed E-state index contributed by atoms with van der Waals surface area (Å²) in [5.41, 5.74) is 2.03. The minimum atomic E-state index is 0.0136. The van der Waals surface area contributed by atoms with Crippen LogP contribution >= 0.6 is 0 Å². The molecule has 1 amide bonds. The van der Waals surface area contributed by atoms with Gasteiger partial charge >= 0.3 is 0 Å². The lowest BCUT2D eigenvalue weighted by atomic mass is 9.93. The zero-order valence-electron chi connectivity index (χ0n) is 13.0. The standard InChI is InChI=1S/C18H23N3O/c1-14-8-10-21(12-15-5-3-2-4-6-15)13-17(14)20-18(22)16-7-9-19-11-16/h2-7,9,11,14,17,19H,8,10,12-13H2,1H3,(H,20,22). The molecule has 0 saturated carbocycles. The van der Waals surface area contributed by atoms with Crippen molar-refractivity contribution in [2.24, 2.45) is 5.92 Å². The van der Waals surface area contributed by atoms with Crippen LogP contribution in [0.25, 0.3) is 0 Å². The SMILES string of the molecule is CC1CCN(Cc2ccccc2)CC1NC(=O)c1cc[nH]c1. The summed E-state index contributed by atoms with van der Waals surface area (Å²) in [6, 6.07) is 12.5. The Morgan fingerprint density at radius 3 is 2.86 bits per heavy atom. The second-order valence-electron chi connectivity index (χ2n) is 6.17. The average Bonchev–Trinajstić information content (AvgIpc) is 3.06. The number of hydrogen-bond acceptors (Lipinski definition) is 2. The van der Waals surface area contributed by atoms with E-state index in [-0.39, 0.29) is 11.9 Å². The molecule has 2 atom stereocenters. The summed E-state index contributed by atoms with van der Waals surface area (Å²) in [6.07, 6.45) is 4.64. The molecule has 1 aromatic heterocycles. The van der Waals surface area contributed by atoms with Crippen LogP contribution < -0.4 is 5.32 Å². The van der Waals surface area contributed by atoms with Crippen LogP contribution in [-0.4, -0.2) is 34.9 Å². The van der Waals surface area contributed by atoms with Gasteiger partial charge in [0.2, 0.25) is 0 Å².